The third-order valence-electron chi connectivity index (χ3n) is 3.10. The van der Waals surface area contributed by atoms with E-state index in [0.717, 1.165) is 28.8 Å². The Morgan fingerprint density at radius 1 is 1.00 bits per heavy atom. The van der Waals surface area contributed by atoms with Crippen molar-refractivity contribution in [2.24, 2.45) is 0 Å². The van der Waals surface area contributed by atoms with Crippen molar-refractivity contribution in [2.45, 2.75) is 27.2 Å². The third kappa shape index (κ3) is 2.32. The fraction of sp³-hybridized carbons (Fsp3) is 0.286. The fourth-order valence-electron chi connectivity index (χ4n) is 1.75. The zero-order valence-corrected chi connectivity index (χ0v) is 11.0. The average Bonchev–Trinajstić information content (AvgIpc) is 2.36. The molecule has 0 spiro atoms. The number of rotatable bonds is 2. The predicted molar refractivity (Wildman–Crippen MR) is 71.3 cm³/mol. The van der Waals surface area contributed by atoms with Crippen molar-refractivity contribution in [3.05, 3.63) is 46.1 Å². The minimum absolute atomic E-state index is 0.483. The molecule has 0 fully saturated rings. The highest BCUT2D eigenvalue weighted by atomic mass is 35.5. The molecule has 3 heteroatoms. The van der Waals surface area contributed by atoms with Gasteiger partial charge in [0.05, 0.1) is 5.69 Å². The summed E-state index contributed by atoms with van der Waals surface area (Å²) in [5, 5.41) is 8.64. The van der Waals surface area contributed by atoms with Crippen LogP contribution in [0.5, 0.6) is 0 Å². The molecular formula is C14H15ClN2. The van der Waals surface area contributed by atoms with Gasteiger partial charge in [0.1, 0.15) is 0 Å². The van der Waals surface area contributed by atoms with E-state index in [2.05, 4.69) is 41.4 Å². The molecule has 1 aromatic carbocycles. The summed E-state index contributed by atoms with van der Waals surface area (Å²) in [7, 11) is 0. The monoisotopic (exact) mass is 246 g/mol. The van der Waals surface area contributed by atoms with Gasteiger partial charge in [-0.2, -0.15) is 0 Å². The van der Waals surface area contributed by atoms with Crippen LogP contribution in [0, 0.1) is 13.8 Å². The maximum absolute atomic E-state index is 5.95. The molecule has 1 heterocycles. The molecule has 2 nitrogen and oxygen atoms in total. The standard InChI is InChI=1S/C14H15ClN2/c1-4-11-5-7-12(8-6-11)13-9(2)10(3)14(15)17-16-13/h5-8H,4H2,1-3H3. The highest BCUT2D eigenvalue weighted by Crippen LogP contribution is 2.25. The molecule has 0 atom stereocenters. The van der Waals surface area contributed by atoms with Gasteiger partial charge in [-0.15, -0.1) is 10.2 Å². The largest absolute Gasteiger partial charge is 0.154 e. The first kappa shape index (κ1) is 12.1. The quantitative estimate of drug-likeness (QED) is 0.801. The molecule has 0 saturated heterocycles. The first-order valence-corrected chi connectivity index (χ1v) is 6.10. The lowest BCUT2D eigenvalue weighted by Gasteiger charge is -2.08. The summed E-state index contributed by atoms with van der Waals surface area (Å²) >= 11 is 5.95. The van der Waals surface area contributed by atoms with Crippen LogP contribution in [0.25, 0.3) is 11.3 Å². The average molecular weight is 247 g/mol. The number of benzene rings is 1. The lowest BCUT2D eigenvalue weighted by Crippen LogP contribution is -1.96. The Labute approximate surface area is 107 Å². The molecule has 0 aliphatic carbocycles. The summed E-state index contributed by atoms with van der Waals surface area (Å²) < 4.78 is 0. The van der Waals surface area contributed by atoms with Gasteiger partial charge in [-0.05, 0) is 37.0 Å². The van der Waals surface area contributed by atoms with Gasteiger partial charge in [-0.3, -0.25) is 0 Å². The normalized spacial score (nSPS) is 10.6. The van der Waals surface area contributed by atoms with Crippen LogP contribution in [0.4, 0.5) is 0 Å². The number of aromatic nitrogens is 2. The number of halogens is 1. The van der Waals surface area contributed by atoms with Crippen molar-refractivity contribution < 1.29 is 0 Å². The molecular weight excluding hydrogens is 232 g/mol. The molecule has 0 N–H and O–H groups in total. The maximum atomic E-state index is 5.95. The number of hydrogen-bond donors (Lipinski definition) is 0. The first-order valence-electron chi connectivity index (χ1n) is 5.72. The van der Waals surface area contributed by atoms with E-state index < -0.39 is 0 Å². The SMILES string of the molecule is CCc1ccc(-c2nnc(Cl)c(C)c2C)cc1. The van der Waals surface area contributed by atoms with Crippen LogP contribution < -0.4 is 0 Å². The Bertz CT molecular complexity index is 533. The molecule has 1 aromatic heterocycles. The van der Waals surface area contributed by atoms with E-state index in [1.807, 2.05) is 13.8 Å². The van der Waals surface area contributed by atoms with E-state index in [-0.39, 0.29) is 0 Å². The van der Waals surface area contributed by atoms with E-state index in [1.165, 1.54) is 5.56 Å². The Morgan fingerprint density at radius 2 is 1.65 bits per heavy atom. The van der Waals surface area contributed by atoms with Crippen molar-refractivity contribution >= 4 is 11.6 Å². The van der Waals surface area contributed by atoms with Gasteiger partial charge in [0.25, 0.3) is 0 Å². The molecule has 2 aromatic rings. The summed E-state index contributed by atoms with van der Waals surface area (Å²) in [6.45, 7) is 6.14. The first-order chi connectivity index (χ1) is 8.13. The second-order valence-corrected chi connectivity index (χ2v) is 4.50. The summed E-state index contributed by atoms with van der Waals surface area (Å²) in [6.07, 6.45) is 1.05. The zero-order valence-electron chi connectivity index (χ0n) is 10.3. The van der Waals surface area contributed by atoms with Crippen LogP contribution in [0.3, 0.4) is 0 Å². The Kier molecular flexibility index (Phi) is 3.43. The highest BCUT2D eigenvalue weighted by molar-refractivity contribution is 6.30. The molecule has 0 aliphatic heterocycles. The van der Waals surface area contributed by atoms with Gasteiger partial charge in [0.2, 0.25) is 0 Å². The van der Waals surface area contributed by atoms with Crippen LogP contribution in [0.1, 0.15) is 23.6 Å². The van der Waals surface area contributed by atoms with Gasteiger partial charge in [-0.25, -0.2) is 0 Å². The Balaban J connectivity index is 2.49. The van der Waals surface area contributed by atoms with Crippen molar-refractivity contribution in [3.63, 3.8) is 0 Å². The van der Waals surface area contributed by atoms with E-state index in [9.17, 15) is 0 Å². The highest BCUT2D eigenvalue weighted by Gasteiger charge is 2.09. The second-order valence-electron chi connectivity index (χ2n) is 4.14. The number of nitrogens with zero attached hydrogens (tertiary/aromatic N) is 2. The predicted octanol–water partition coefficient (Wildman–Crippen LogP) is 3.98. The summed E-state index contributed by atoms with van der Waals surface area (Å²) in [4.78, 5) is 0. The van der Waals surface area contributed by atoms with Crippen molar-refractivity contribution in [1.82, 2.24) is 10.2 Å². The molecule has 17 heavy (non-hydrogen) atoms. The molecule has 88 valence electrons. The number of hydrogen-bond acceptors (Lipinski definition) is 2. The summed E-state index contributed by atoms with van der Waals surface area (Å²) in [6, 6.07) is 8.42. The topological polar surface area (TPSA) is 25.8 Å². The second kappa shape index (κ2) is 4.84. The van der Waals surface area contributed by atoms with Gasteiger partial charge in [0.15, 0.2) is 5.15 Å². The lowest BCUT2D eigenvalue weighted by molar-refractivity contribution is 1.00. The smallest absolute Gasteiger partial charge is 0.149 e. The van der Waals surface area contributed by atoms with Crippen LogP contribution >= 0.6 is 11.6 Å². The van der Waals surface area contributed by atoms with Crippen molar-refractivity contribution in [2.75, 3.05) is 0 Å². The fourth-order valence-corrected chi connectivity index (χ4v) is 1.93. The minimum atomic E-state index is 0.483. The van der Waals surface area contributed by atoms with Gasteiger partial charge in [0, 0.05) is 5.56 Å². The molecule has 2 rings (SSSR count). The van der Waals surface area contributed by atoms with Crippen LogP contribution in [-0.2, 0) is 6.42 Å². The summed E-state index contributed by atoms with van der Waals surface area (Å²) in [5.41, 5.74) is 5.41. The molecule has 0 radical (unpaired) electrons. The van der Waals surface area contributed by atoms with Crippen LogP contribution in [-0.4, -0.2) is 10.2 Å². The van der Waals surface area contributed by atoms with Crippen molar-refractivity contribution in [3.8, 4) is 11.3 Å². The third-order valence-corrected chi connectivity index (χ3v) is 3.46. The van der Waals surface area contributed by atoms with E-state index in [1.54, 1.807) is 0 Å². The van der Waals surface area contributed by atoms with E-state index >= 15 is 0 Å². The molecule has 0 amide bonds. The van der Waals surface area contributed by atoms with Gasteiger partial charge < -0.3 is 0 Å². The van der Waals surface area contributed by atoms with Gasteiger partial charge >= 0.3 is 0 Å². The molecule has 0 aliphatic rings. The van der Waals surface area contributed by atoms with E-state index in [0.29, 0.717) is 5.15 Å². The van der Waals surface area contributed by atoms with Crippen LogP contribution in [0.15, 0.2) is 24.3 Å². The lowest BCUT2D eigenvalue weighted by atomic mass is 10.0. The van der Waals surface area contributed by atoms with E-state index in [4.69, 9.17) is 11.6 Å². The summed E-state index contributed by atoms with van der Waals surface area (Å²) in [5.74, 6) is 0. The maximum Gasteiger partial charge on any atom is 0.154 e. The molecule has 0 unspecified atom stereocenters. The van der Waals surface area contributed by atoms with Crippen LogP contribution in [0.2, 0.25) is 5.15 Å². The Morgan fingerprint density at radius 3 is 2.24 bits per heavy atom. The molecule has 0 saturated carbocycles. The zero-order chi connectivity index (χ0) is 12.4. The minimum Gasteiger partial charge on any atom is -0.149 e. The van der Waals surface area contributed by atoms with Crippen molar-refractivity contribution in [1.29, 1.82) is 0 Å². The number of aryl methyl sites for hydroxylation is 1. The molecule has 0 bridgehead atoms. The Hall–Kier alpha value is -1.41. The van der Waals surface area contributed by atoms with Gasteiger partial charge in [-0.1, -0.05) is 42.8 Å².